The van der Waals surface area contributed by atoms with Gasteiger partial charge in [0.25, 0.3) is 5.71 Å². The van der Waals surface area contributed by atoms with Crippen molar-refractivity contribution in [3.63, 3.8) is 0 Å². The summed E-state index contributed by atoms with van der Waals surface area (Å²) in [5.41, 5.74) is 2.31. The van der Waals surface area contributed by atoms with Crippen LogP contribution in [0.25, 0.3) is 11.1 Å². The van der Waals surface area contributed by atoms with Crippen molar-refractivity contribution in [1.29, 1.82) is 0 Å². The van der Waals surface area contributed by atoms with Crippen molar-refractivity contribution in [3.8, 4) is 0 Å². The van der Waals surface area contributed by atoms with Crippen LogP contribution in [-0.2, 0) is 11.2 Å². The molecule has 2 aromatic heterocycles. The molecule has 0 atom stereocenters. The van der Waals surface area contributed by atoms with Crippen LogP contribution in [0, 0.1) is 6.92 Å². The molecule has 0 saturated heterocycles. The molecular weight excluding hydrogens is 220 g/mol. The number of pyridine rings is 1. The van der Waals surface area contributed by atoms with E-state index in [4.69, 9.17) is 9.26 Å². The SMILES string of the molecule is CCOC(=O)c1cc(CC)nc2onc(C)c12. The molecule has 0 fully saturated rings. The van der Waals surface area contributed by atoms with Crippen molar-refractivity contribution < 1.29 is 14.1 Å². The predicted octanol–water partition coefficient (Wildman–Crippen LogP) is 2.27. The summed E-state index contributed by atoms with van der Waals surface area (Å²) in [6.07, 6.45) is 0.724. The van der Waals surface area contributed by atoms with Gasteiger partial charge in [0.1, 0.15) is 0 Å². The minimum Gasteiger partial charge on any atom is -0.462 e. The van der Waals surface area contributed by atoms with Gasteiger partial charge in [0.2, 0.25) is 0 Å². The molecule has 5 nitrogen and oxygen atoms in total. The Morgan fingerprint density at radius 1 is 1.47 bits per heavy atom. The maximum Gasteiger partial charge on any atom is 0.339 e. The molecule has 0 aliphatic rings. The molecule has 0 saturated carbocycles. The van der Waals surface area contributed by atoms with Crippen LogP contribution in [0.3, 0.4) is 0 Å². The first-order valence-corrected chi connectivity index (χ1v) is 5.60. The Morgan fingerprint density at radius 2 is 2.24 bits per heavy atom. The van der Waals surface area contributed by atoms with E-state index in [1.807, 2.05) is 6.92 Å². The lowest BCUT2D eigenvalue weighted by Crippen LogP contribution is -2.07. The van der Waals surface area contributed by atoms with E-state index in [0.717, 1.165) is 12.1 Å². The van der Waals surface area contributed by atoms with Crippen LogP contribution in [0.5, 0.6) is 0 Å². The maximum absolute atomic E-state index is 11.9. The fourth-order valence-corrected chi connectivity index (χ4v) is 1.70. The quantitative estimate of drug-likeness (QED) is 0.762. The van der Waals surface area contributed by atoms with Crippen LogP contribution in [0.2, 0.25) is 0 Å². The van der Waals surface area contributed by atoms with Crippen molar-refractivity contribution in [1.82, 2.24) is 10.1 Å². The number of nitrogens with zero attached hydrogens (tertiary/aromatic N) is 2. The zero-order valence-electron chi connectivity index (χ0n) is 10.1. The number of aromatic nitrogens is 2. The number of ether oxygens (including phenoxy) is 1. The normalized spacial score (nSPS) is 10.8. The van der Waals surface area contributed by atoms with Crippen LogP contribution < -0.4 is 0 Å². The number of hydrogen-bond donors (Lipinski definition) is 0. The molecule has 0 aliphatic carbocycles. The second-order valence-corrected chi connectivity index (χ2v) is 3.68. The molecule has 90 valence electrons. The summed E-state index contributed by atoms with van der Waals surface area (Å²) in [6, 6.07) is 1.74. The average Bonchev–Trinajstić information content (AvgIpc) is 2.70. The Bertz CT molecular complexity index is 560. The first kappa shape index (κ1) is 11.6. The Hall–Kier alpha value is -1.91. The summed E-state index contributed by atoms with van der Waals surface area (Å²) in [4.78, 5) is 16.1. The monoisotopic (exact) mass is 234 g/mol. The number of carbonyl (C=O) groups is 1. The molecule has 0 aromatic carbocycles. The lowest BCUT2D eigenvalue weighted by molar-refractivity contribution is 0.0528. The van der Waals surface area contributed by atoms with Gasteiger partial charge in [-0.2, -0.15) is 0 Å². The number of hydrogen-bond acceptors (Lipinski definition) is 5. The van der Waals surface area contributed by atoms with E-state index in [1.165, 1.54) is 0 Å². The molecule has 0 spiro atoms. The van der Waals surface area contributed by atoms with Gasteiger partial charge in [-0.25, -0.2) is 9.78 Å². The largest absolute Gasteiger partial charge is 0.462 e. The van der Waals surface area contributed by atoms with Crippen molar-refractivity contribution in [2.75, 3.05) is 6.61 Å². The molecule has 17 heavy (non-hydrogen) atoms. The van der Waals surface area contributed by atoms with E-state index in [1.54, 1.807) is 19.9 Å². The molecular formula is C12H14N2O3. The Balaban J connectivity index is 2.65. The molecule has 0 radical (unpaired) electrons. The third kappa shape index (κ3) is 2.00. The Kier molecular flexibility index (Phi) is 3.08. The van der Waals surface area contributed by atoms with E-state index in [9.17, 15) is 4.79 Å². The number of carbonyl (C=O) groups excluding carboxylic acids is 1. The number of esters is 1. The van der Waals surface area contributed by atoms with Gasteiger partial charge in [-0.1, -0.05) is 12.1 Å². The van der Waals surface area contributed by atoms with Crippen LogP contribution in [0.15, 0.2) is 10.6 Å². The fourth-order valence-electron chi connectivity index (χ4n) is 1.70. The molecule has 2 heterocycles. The van der Waals surface area contributed by atoms with Gasteiger partial charge in [-0.3, -0.25) is 0 Å². The molecule has 2 aromatic rings. The summed E-state index contributed by atoms with van der Waals surface area (Å²) < 4.78 is 10.1. The van der Waals surface area contributed by atoms with Crippen LogP contribution >= 0.6 is 0 Å². The van der Waals surface area contributed by atoms with Gasteiger partial charge in [0.05, 0.1) is 23.3 Å². The predicted molar refractivity (Wildman–Crippen MR) is 61.9 cm³/mol. The van der Waals surface area contributed by atoms with Gasteiger partial charge in [0, 0.05) is 5.69 Å². The van der Waals surface area contributed by atoms with Crippen molar-refractivity contribution in [2.24, 2.45) is 0 Å². The second kappa shape index (κ2) is 4.53. The average molecular weight is 234 g/mol. The smallest absolute Gasteiger partial charge is 0.339 e. The Morgan fingerprint density at radius 3 is 2.88 bits per heavy atom. The van der Waals surface area contributed by atoms with Gasteiger partial charge in [-0.15, -0.1) is 0 Å². The highest BCUT2D eigenvalue weighted by Crippen LogP contribution is 2.22. The highest BCUT2D eigenvalue weighted by Gasteiger charge is 2.18. The van der Waals surface area contributed by atoms with E-state index in [2.05, 4.69) is 10.1 Å². The zero-order valence-corrected chi connectivity index (χ0v) is 10.1. The molecule has 0 N–H and O–H groups in total. The molecule has 5 heteroatoms. The molecule has 2 rings (SSSR count). The standard InChI is InChI=1S/C12H14N2O3/c1-4-8-6-9(12(15)16-5-2)10-7(3)14-17-11(10)13-8/h6H,4-5H2,1-3H3. The van der Waals surface area contributed by atoms with E-state index < -0.39 is 0 Å². The summed E-state index contributed by atoms with van der Waals surface area (Å²) in [5, 5.41) is 4.47. The summed E-state index contributed by atoms with van der Waals surface area (Å²) in [7, 11) is 0. The topological polar surface area (TPSA) is 65.2 Å². The zero-order chi connectivity index (χ0) is 12.4. The van der Waals surface area contributed by atoms with E-state index >= 15 is 0 Å². The summed E-state index contributed by atoms with van der Waals surface area (Å²) in [5.74, 6) is -0.360. The van der Waals surface area contributed by atoms with Crippen molar-refractivity contribution in [2.45, 2.75) is 27.2 Å². The first-order valence-electron chi connectivity index (χ1n) is 5.60. The summed E-state index contributed by atoms with van der Waals surface area (Å²) >= 11 is 0. The van der Waals surface area contributed by atoms with Gasteiger partial charge in [-0.05, 0) is 26.3 Å². The van der Waals surface area contributed by atoms with Gasteiger partial charge >= 0.3 is 5.97 Å². The molecule has 0 bridgehead atoms. The van der Waals surface area contributed by atoms with Gasteiger partial charge in [0.15, 0.2) is 0 Å². The number of aryl methyl sites for hydroxylation is 2. The highest BCUT2D eigenvalue weighted by atomic mass is 16.5. The van der Waals surface area contributed by atoms with Crippen molar-refractivity contribution >= 4 is 17.1 Å². The van der Waals surface area contributed by atoms with E-state index in [-0.39, 0.29) is 5.97 Å². The van der Waals surface area contributed by atoms with Crippen LogP contribution in [0.1, 0.15) is 35.6 Å². The highest BCUT2D eigenvalue weighted by molar-refractivity contribution is 6.03. The lowest BCUT2D eigenvalue weighted by atomic mass is 10.1. The third-order valence-electron chi connectivity index (χ3n) is 2.53. The van der Waals surface area contributed by atoms with Crippen LogP contribution in [-0.4, -0.2) is 22.7 Å². The molecule has 0 aliphatic heterocycles. The molecule has 0 unspecified atom stereocenters. The minimum atomic E-state index is -0.360. The van der Waals surface area contributed by atoms with Gasteiger partial charge < -0.3 is 9.26 Å². The first-order chi connectivity index (χ1) is 8.17. The number of rotatable bonds is 3. The third-order valence-corrected chi connectivity index (χ3v) is 2.53. The van der Waals surface area contributed by atoms with Crippen molar-refractivity contribution in [3.05, 3.63) is 23.0 Å². The molecule has 0 amide bonds. The fraction of sp³-hybridized carbons (Fsp3) is 0.417. The maximum atomic E-state index is 11.9. The van der Waals surface area contributed by atoms with E-state index in [0.29, 0.717) is 29.0 Å². The minimum absolute atomic E-state index is 0.342. The Labute approximate surface area is 98.8 Å². The summed E-state index contributed by atoms with van der Waals surface area (Å²) in [6.45, 7) is 5.86. The second-order valence-electron chi connectivity index (χ2n) is 3.68. The van der Waals surface area contributed by atoms with Crippen LogP contribution in [0.4, 0.5) is 0 Å². The number of fused-ring (bicyclic) bond motifs is 1. The lowest BCUT2D eigenvalue weighted by Gasteiger charge is -2.04.